The number of nitrogens with zero attached hydrogens (tertiary/aromatic N) is 1. The predicted octanol–water partition coefficient (Wildman–Crippen LogP) is 2.46. The minimum Gasteiger partial charge on any atom is -0.507 e. The molecule has 2 aromatic carbocycles. The number of nitrogens with one attached hydrogen (secondary N) is 3. The monoisotopic (exact) mass is 486 g/mol. The Morgan fingerprint density at radius 1 is 1.03 bits per heavy atom. The Morgan fingerprint density at radius 3 is 2.15 bits per heavy atom. The lowest BCUT2D eigenvalue weighted by molar-refractivity contribution is 0.102. The molecule has 3 aromatic rings. The normalized spacial score (nSPS) is 11.8. The molecular formula is C23H26N4O6S. The summed E-state index contributed by atoms with van der Waals surface area (Å²) >= 11 is 0. The number of anilines is 2. The molecule has 0 fully saturated rings. The SMILES string of the molecule is Cc1cc(=O)n(-c2cc(C(=O)Nc3ccc(NS(C)(=O)=O)cc3)c(O)c(C(C)(C)C)c2)c(=O)[nH]1. The highest BCUT2D eigenvalue weighted by atomic mass is 32.2. The highest BCUT2D eigenvalue weighted by molar-refractivity contribution is 7.92. The van der Waals surface area contributed by atoms with Gasteiger partial charge in [0.2, 0.25) is 10.0 Å². The van der Waals surface area contributed by atoms with Crippen LogP contribution >= 0.6 is 0 Å². The lowest BCUT2D eigenvalue weighted by Gasteiger charge is -2.23. The quantitative estimate of drug-likeness (QED) is 0.435. The number of aryl methyl sites for hydroxylation is 1. The predicted molar refractivity (Wildman–Crippen MR) is 131 cm³/mol. The third-order valence-electron chi connectivity index (χ3n) is 4.92. The van der Waals surface area contributed by atoms with Crippen molar-refractivity contribution < 1.29 is 18.3 Å². The van der Waals surface area contributed by atoms with Crippen molar-refractivity contribution in [1.82, 2.24) is 9.55 Å². The zero-order chi connectivity index (χ0) is 25.4. The molecule has 11 heteroatoms. The minimum atomic E-state index is -3.45. The van der Waals surface area contributed by atoms with Gasteiger partial charge in [-0.2, -0.15) is 0 Å². The lowest BCUT2D eigenvalue weighted by atomic mass is 9.84. The van der Waals surface area contributed by atoms with Gasteiger partial charge >= 0.3 is 5.69 Å². The number of H-pyrrole nitrogens is 1. The van der Waals surface area contributed by atoms with E-state index in [2.05, 4.69) is 15.0 Å². The number of carbonyl (C=O) groups excluding carboxylic acids is 1. The molecule has 0 saturated heterocycles. The summed E-state index contributed by atoms with van der Waals surface area (Å²) in [5.74, 6) is -0.953. The minimum absolute atomic E-state index is 0.131. The molecule has 1 heterocycles. The van der Waals surface area contributed by atoms with Gasteiger partial charge in [0.15, 0.2) is 0 Å². The van der Waals surface area contributed by atoms with Crippen molar-refractivity contribution in [2.75, 3.05) is 16.3 Å². The standard InChI is InChI=1S/C23H26N4O6S/c1-13-10-19(28)27(22(31)24-13)16-11-17(20(29)18(12-16)23(2,3)4)21(30)25-14-6-8-15(9-7-14)26-34(5,32)33/h6-12,26,29H,1-5H3,(H,24,31)(H,25,30). The number of amides is 1. The molecule has 34 heavy (non-hydrogen) atoms. The fourth-order valence-electron chi connectivity index (χ4n) is 3.38. The maximum Gasteiger partial charge on any atom is 0.333 e. The van der Waals surface area contributed by atoms with Gasteiger partial charge in [0.05, 0.1) is 17.5 Å². The fourth-order valence-corrected chi connectivity index (χ4v) is 3.95. The highest BCUT2D eigenvalue weighted by Crippen LogP contribution is 2.35. The van der Waals surface area contributed by atoms with E-state index in [1.165, 1.54) is 42.5 Å². The molecule has 0 aliphatic carbocycles. The zero-order valence-electron chi connectivity index (χ0n) is 19.4. The molecule has 4 N–H and O–H groups in total. The first-order valence-corrected chi connectivity index (χ1v) is 12.1. The van der Waals surface area contributed by atoms with Crippen LogP contribution in [0.5, 0.6) is 5.75 Å². The number of phenols is 1. The Hall–Kier alpha value is -3.86. The number of sulfonamides is 1. The first-order chi connectivity index (χ1) is 15.7. The molecule has 0 spiro atoms. The van der Waals surface area contributed by atoms with Crippen LogP contribution in [-0.4, -0.2) is 35.2 Å². The third kappa shape index (κ3) is 5.54. The summed E-state index contributed by atoms with van der Waals surface area (Å²) in [6.45, 7) is 7.05. The Labute approximate surface area is 196 Å². The van der Waals surface area contributed by atoms with Gasteiger partial charge in [-0.1, -0.05) is 20.8 Å². The average Bonchev–Trinajstić information content (AvgIpc) is 2.67. The number of hydrogen-bond donors (Lipinski definition) is 4. The Balaban J connectivity index is 2.07. The zero-order valence-corrected chi connectivity index (χ0v) is 20.2. The van der Waals surface area contributed by atoms with Crippen molar-refractivity contribution in [3.63, 3.8) is 0 Å². The second kappa shape index (κ2) is 8.82. The van der Waals surface area contributed by atoms with Gasteiger partial charge in [-0.15, -0.1) is 0 Å². The van der Waals surface area contributed by atoms with Gasteiger partial charge in [0.1, 0.15) is 5.75 Å². The summed E-state index contributed by atoms with van der Waals surface area (Å²) in [6.07, 6.45) is 1.02. The van der Waals surface area contributed by atoms with Crippen LogP contribution in [0.2, 0.25) is 0 Å². The van der Waals surface area contributed by atoms with Crippen LogP contribution in [0.4, 0.5) is 11.4 Å². The van der Waals surface area contributed by atoms with Crippen LogP contribution in [0.3, 0.4) is 0 Å². The molecule has 0 atom stereocenters. The molecular weight excluding hydrogens is 460 g/mol. The first-order valence-electron chi connectivity index (χ1n) is 10.3. The van der Waals surface area contributed by atoms with Crippen LogP contribution in [0.25, 0.3) is 5.69 Å². The maximum absolute atomic E-state index is 13.1. The van der Waals surface area contributed by atoms with Gasteiger partial charge in [0.25, 0.3) is 11.5 Å². The molecule has 0 unspecified atom stereocenters. The van der Waals surface area contributed by atoms with Crippen molar-refractivity contribution in [2.45, 2.75) is 33.1 Å². The smallest absolute Gasteiger partial charge is 0.333 e. The summed E-state index contributed by atoms with van der Waals surface area (Å²) in [4.78, 5) is 40.7. The van der Waals surface area contributed by atoms with Gasteiger partial charge < -0.3 is 15.4 Å². The van der Waals surface area contributed by atoms with Crippen molar-refractivity contribution in [2.24, 2.45) is 0 Å². The second-order valence-electron chi connectivity index (χ2n) is 8.98. The van der Waals surface area contributed by atoms with E-state index in [4.69, 9.17) is 0 Å². The number of carbonyl (C=O) groups is 1. The maximum atomic E-state index is 13.1. The van der Waals surface area contributed by atoms with Crippen LogP contribution in [0.15, 0.2) is 52.1 Å². The number of rotatable bonds is 5. The number of aromatic amines is 1. The van der Waals surface area contributed by atoms with Crippen molar-refractivity contribution in [3.05, 3.63) is 80.1 Å². The van der Waals surface area contributed by atoms with Crippen molar-refractivity contribution >= 4 is 27.3 Å². The largest absolute Gasteiger partial charge is 0.507 e. The van der Waals surface area contributed by atoms with E-state index < -0.39 is 32.6 Å². The Kier molecular flexibility index (Phi) is 6.43. The van der Waals surface area contributed by atoms with Gasteiger partial charge in [-0.3, -0.25) is 14.3 Å². The van der Waals surface area contributed by atoms with E-state index in [0.717, 1.165) is 10.8 Å². The molecule has 180 valence electrons. The summed E-state index contributed by atoms with van der Waals surface area (Å²) in [5.41, 5.74) is -0.435. The van der Waals surface area contributed by atoms with Crippen LogP contribution in [0.1, 0.15) is 42.4 Å². The molecule has 1 amide bonds. The van der Waals surface area contributed by atoms with Crippen LogP contribution in [-0.2, 0) is 15.4 Å². The molecule has 1 aromatic heterocycles. The van der Waals surface area contributed by atoms with E-state index in [1.807, 2.05) is 20.8 Å². The number of benzene rings is 2. The van der Waals surface area contributed by atoms with Crippen LogP contribution in [0, 0.1) is 6.92 Å². The molecule has 0 aliphatic rings. The average molecular weight is 487 g/mol. The van der Waals surface area contributed by atoms with Gasteiger partial charge in [-0.25, -0.2) is 17.8 Å². The molecule has 10 nitrogen and oxygen atoms in total. The summed E-state index contributed by atoms with van der Waals surface area (Å²) in [5, 5.41) is 13.5. The number of phenolic OH excluding ortho intramolecular Hbond substituents is 1. The van der Waals surface area contributed by atoms with Crippen LogP contribution < -0.4 is 21.3 Å². The van der Waals surface area contributed by atoms with E-state index >= 15 is 0 Å². The number of aromatic hydroxyl groups is 1. The lowest BCUT2D eigenvalue weighted by Crippen LogP contribution is -2.34. The molecule has 0 saturated carbocycles. The Bertz CT molecular complexity index is 1450. The summed E-state index contributed by atoms with van der Waals surface area (Å²) < 4.78 is 25.9. The summed E-state index contributed by atoms with van der Waals surface area (Å²) in [6, 6.07) is 9.96. The molecule has 0 bridgehead atoms. The van der Waals surface area contributed by atoms with Gasteiger partial charge in [-0.05, 0) is 48.7 Å². The molecule has 3 rings (SSSR count). The fraction of sp³-hybridized carbons (Fsp3) is 0.261. The van der Waals surface area contributed by atoms with Crippen molar-refractivity contribution in [1.29, 1.82) is 0 Å². The third-order valence-corrected chi connectivity index (χ3v) is 5.53. The molecule has 0 aliphatic heterocycles. The second-order valence-corrected chi connectivity index (χ2v) is 10.7. The number of aromatic nitrogens is 2. The number of hydrogen-bond acceptors (Lipinski definition) is 6. The van der Waals surface area contributed by atoms with E-state index in [0.29, 0.717) is 22.6 Å². The first kappa shape index (κ1) is 24.8. The summed E-state index contributed by atoms with van der Waals surface area (Å²) in [7, 11) is -3.45. The topological polar surface area (TPSA) is 150 Å². The van der Waals surface area contributed by atoms with Crippen molar-refractivity contribution in [3.8, 4) is 11.4 Å². The van der Waals surface area contributed by atoms with E-state index in [9.17, 15) is 27.9 Å². The molecule has 0 radical (unpaired) electrons. The Morgan fingerprint density at radius 2 is 1.62 bits per heavy atom. The van der Waals surface area contributed by atoms with E-state index in [-0.39, 0.29) is 17.0 Å². The van der Waals surface area contributed by atoms with E-state index in [1.54, 1.807) is 6.92 Å². The van der Waals surface area contributed by atoms with Gasteiger partial charge in [0, 0.05) is 28.7 Å². The highest BCUT2D eigenvalue weighted by Gasteiger charge is 2.25.